The lowest BCUT2D eigenvalue weighted by molar-refractivity contribution is -0.132. The Hall–Kier alpha value is -2.58. The second-order valence-electron chi connectivity index (χ2n) is 8.64. The van der Waals surface area contributed by atoms with Gasteiger partial charge in [-0.25, -0.2) is 13.1 Å². The monoisotopic (exact) mass is 472 g/mol. The molecule has 1 aliphatic heterocycles. The van der Waals surface area contributed by atoms with Crippen LogP contribution < -0.4 is 14.2 Å². The number of ether oxygens (including phenoxy) is 2. The normalized spacial score (nSPS) is 18.1. The van der Waals surface area contributed by atoms with Crippen LogP contribution in [0, 0.1) is 0 Å². The molecule has 7 nitrogen and oxygen atoms in total. The molecule has 0 spiro atoms. The highest BCUT2D eigenvalue weighted by Crippen LogP contribution is 2.39. The van der Waals surface area contributed by atoms with Gasteiger partial charge in [0.1, 0.15) is 11.5 Å². The van der Waals surface area contributed by atoms with Crippen molar-refractivity contribution in [2.24, 2.45) is 0 Å². The van der Waals surface area contributed by atoms with E-state index in [9.17, 15) is 13.2 Å². The number of amides is 1. The molecule has 33 heavy (non-hydrogen) atoms. The Bertz CT molecular complexity index is 1120. The number of likely N-dealkylation sites (tertiary alicyclic amines) is 1. The number of rotatable bonds is 8. The van der Waals surface area contributed by atoms with E-state index in [2.05, 4.69) is 4.72 Å². The molecule has 1 atom stereocenters. The van der Waals surface area contributed by atoms with Crippen LogP contribution in [0.15, 0.2) is 41.3 Å². The predicted molar refractivity (Wildman–Crippen MR) is 126 cm³/mol. The van der Waals surface area contributed by atoms with Crippen LogP contribution in [0.4, 0.5) is 0 Å². The lowest BCUT2D eigenvalue weighted by Crippen LogP contribution is -2.34. The fraction of sp³-hybridized carbons (Fsp3) is 0.480. The Kier molecular flexibility index (Phi) is 7.24. The number of benzene rings is 2. The molecule has 1 aliphatic carbocycles. The maximum Gasteiger partial charge on any atom is 0.240 e. The molecule has 0 aromatic heterocycles. The summed E-state index contributed by atoms with van der Waals surface area (Å²) in [5, 5.41) is 0. The topological polar surface area (TPSA) is 84.9 Å². The van der Waals surface area contributed by atoms with Crippen molar-refractivity contribution >= 4 is 15.9 Å². The first kappa shape index (κ1) is 23.6. The zero-order valence-corrected chi connectivity index (χ0v) is 20.1. The number of methoxy groups -OCH3 is 2. The van der Waals surface area contributed by atoms with Crippen LogP contribution >= 0.6 is 0 Å². The summed E-state index contributed by atoms with van der Waals surface area (Å²) in [7, 11) is -0.434. The summed E-state index contributed by atoms with van der Waals surface area (Å²) in [6, 6.07) is 10.9. The van der Waals surface area contributed by atoms with Gasteiger partial charge in [0.2, 0.25) is 15.9 Å². The number of fused-ring (bicyclic) bond motifs is 1. The van der Waals surface area contributed by atoms with Gasteiger partial charge in [-0.1, -0.05) is 6.07 Å². The standard InChI is InChI=1S/C25H32N2O5S/c1-31-20-10-12-24(32-2)22(17-20)23-8-5-15-27(23)25(28)13-14-26-33(29,30)21-11-9-18-6-3-4-7-19(18)16-21/h9-12,16-17,23,26H,3-8,13-15H2,1-2H3. The van der Waals surface area contributed by atoms with E-state index >= 15 is 0 Å². The third kappa shape index (κ3) is 5.17. The Balaban J connectivity index is 1.40. The van der Waals surface area contributed by atoms with Crippen LogP contribution in [0.1, 0.15) is 54.8 Å². The minimum absolute atomic E-state index is 0.0662. The highest BCUT2D eigenvalue weighted by Gasteiger charge is 2.32. The summed E-state index contributed by atoms with van der Waals surface area (Å²) < 4.78 is 39.1. The number of carbonyl (C=O) groups excluding carboxylic acids is 1. The summed E-state index contributed by atoms with van der Waals surface area (Å²) in [4.78, 5) is 15.1. The number of hydrogen-bond donors (Lipinski definition) is 1. The van der Waals surface area contributed by atoms with Crippen molar-refractivity contribution < 1.29 is 22.7 Å². The van der Waals surface area contributed by atoms with E-state index in [1.54, 1.807) is 26.4 Å². The molecule has 4 rings (SSSR count). The predicted octanol–water partition coefficient (Wildman–Crippen LogP) is 3.61. The molecule has 178 valence electrons. The quantitative estimate of drug-likeness (QED) is 0.634. The van der Waals surface area contributed by atoms with Crippen LogP contribution in [0.2, 0.25) is 0 Å². The van der Waals surface area contributed by atoms with Crippen LogP contribution in [-0.2, 0) is 27.7 Å². The SMILES string of the molecule is COc1ccc(OC)c(C2CCCN2C(=O)CCNS(=O)(=O)c2ccc3c(c2)CCCC3)c1. The minimum Gasteiger partial charge on any atom is -0.497 e. The van der Waals surface area contributed by atoms with E-state index in [1.807, 2.05) is 29.2 Å². The van der Waals surface area contributed by atoms with Crippen molar-refractivity contribution in [1.29, 1.82) is 0 Å². The molecule has 1 amide bonds. The molecule has 2 aliphatic rings. The van der Waals surface area contributed by atoms with E-state index in [0.29, 0.717) is 18.0 Å². The summed E-state index contributed by atoms with van der Waals surface area (Å²) in [6.07, 6.45) is 5.99. The van der Waals surface area contributed by atoms with Gasteiger partial charge in [-0.15, -0.1) is 0 Å². The Morgan fingerprint density at radius 1 is 1.03 bits per heavy atom. The lowest BCUT2D eigenvalue weighted by Gasteiger charge is -2.27. The molecule has 1 unspecified atom stereocenters. The van der Waals surface area contributed by atoms with Gasteiger partial charge in [0.15, 0.2) is 0 Å². The molecule has 1 N–H and O–H groups in total. The maximum atomic E-state index is 13.0. The van der Waals surface area contributed by atoms with Gasteiger partial charge in [-0.3, -0.25) is 4.79 Å². The number of sulfonamides is 1. The van der Waals surface area contributed by atoms with E-state index < -0.39 is 10.0 Å². The number of nitrogens with one attached hydrogen (secondary N) is 1. The van der Waals surface area contributed by atoms with E-state index in [0.717, 1.165) is 49.7 Å². The van der Waals surface area contributed by atoms with Crippen LogP contribution in [0.25, 0.3) is 0 Å². The van der Waals surface area contributed by atoms with Crippen molar-refractivity contribution in [3.8, 4) is 11.5 Å². The molecule has 1 heterocycles. The third-order valence-electron chi connectivity index (χ3n) is 6.63. The van der Waals surface area contributed by atoms with Gasteiger partial charge in [0.25, 0.3) is 0 Å². The summed E-state index contributed by atoms with van der Waals surface area (Å²) >= 11 is 0. The van der Waals surface area contributed by atoms with Gasteiger partial charge in [0.05, 0.1) is 25.2 Å². The smallest absolute Gasteiger partial charge is 0.240 e. The highest BCUT2D eigenvalue weighted by molar-refractivity contribution is 7.89. The maximum absolute atomic E-state index is 13.0. The first-order valence-electron chi connectivity index (χ1n) is 11.6. The third-order valence-corrected chi connectivity index (χ3v) is 8.09. The average Bonchev–Trinajstić information content (AvgIpc) is 3.33. The van der Waals surface area contributed by atoms with Crippen LogP contribution in [0.5, 0.6) is 11.5 Å². The Morgan fingerprint density at radius 2 is 1.82 bits per heavy atom. The number of nitrogens with zero attached hydrogens (tertiary/aromatic N) is 1. The molecular weight excluding hydrogens is 440 g/mol. The van der Waals surface area contributed by atoms with Gasteiger partial charge in [-0.05, 0) is 80.0 Å². The average molecular weight is 473 g/mol. The van der Waals surface area contributed by atoms with Crippen molar-refractivity contribution in [2.45, 2.75) is 55.9 Å². The van der Waals surface area contributed by atoms with E-state index in [4.69, 9.17) is 9.47 Å². The Morgan fingerprint density at radius 3 is 2.58 bits per heavy atom. The second-order valence-corrected chi connectivity index (χ2v) is 10.4. The summed E-state index contributed by atoms with van der Waals surface area (Å²) in [5.74, 6) is 1.35. The molecule has 1 saturated heterocycles. The van der Waals surface area contributed by atoms with Crippen molar-refractivity contribution in [1.82, 2.24) is 9.62 Å². The number of hydrogen-bond acceptors (Lipinski definition) is 5. The number of carbonyl (C=O) groups is 1. The zero-order valence-electron chi connectivity index (χ0n) is 19.3. The second kappa shape index (κ2) is 10.1. The number of aryl methyl sites for hydroxylation is 2. The molecule has 2 aromatic carbocycles. The van der Waals surface area contributed by atoms with Crippen molar-refractivity contribution in [3.63, 3.8) is 0 Å². The van der Waals surface area contributed by atoms with Crippen LogP contribution in [-0.4, -0.2) is 46.5 Å². The van der Waals surface area contributed by atoms with Gasteiger partial charge in [0, 0.05) is 25.1 Å². The summed E-state index contributed by atoms with van der Waals surface area (Å²) in [5.41, 5.74) is 3.27. The molecule has 1 fully saturated rings. The first-order chi connectivity index (χ1) is 15.9. The fourth-order valence-electron chi connectivity index (χ4n) is 4.88. The molecular formula is C25H32N2O5S. The first-order valence-corrected chi connectivity index (χ1v) is 13.0. The van der Waals surface area contributed by atoms with Crippen LogP contribution in [0.3, 0.4) is 0 Å². The van der Waals surface area contributed by atoms with Gasteiger partial charge >= 0.3 is 0 Å². The van der Waals surface area contributed by atoms with Crippen molar-refractivity contribution in [2.75, 3.05) is 27.3 Å². The molecule has 0 saturated carbocycles. The van der Waals surface area contributed by atoms with E-state index in [-0.39, 0.29) is 29.8 Å². The van der Waals surface area contributed by atoms with Crippen molar-refractivity contribution in [3.05, 3.63) is 53.1 Å². The highest BCUT2D eigenvalue weighted by atomic mass is 32.2. The van der Waals surface area contributed by atoms with Gasteiger partial charge in [-0.2, -0.15) is 0 Å². The lowest BCUT2D eigenvalue weighted by atomic mass is 9.92. The molecule has 0 radical (unpaired) electrons. The fourth-order valence-corrected chi connectivity index (χ4v) is 5.97. The Labute approximate surface area is 196 Å². The molecule has 2 aromatic rings. The minimum atomic E-state index is -3.66. The van der Waals surface area contributed by atoms with E-state index in [1.165, 1.54) is 5.56 Å². The largest absolute Gasteiger partial charge is 0.497 e. The molecule has 8 heteroatoms. The summed E-state index contributed by atoms with van der Waals surface area (Å²) in [6.45, 7) is 0.707. The van der Waals surface area contributed by atoms with Gasteiger partial charge < -0.3 is 14.4 Å². The molecule has 0 bridgehead atoms. The zero-order chi connectivity index (χ0) is 23.4.